The second kappa shape index (κ2) is 7.07. The molecule has 0 atom stereocenters. The van der Waals surface area contributed by atoms with E-state index < -0.39 is 0 Å². The predicted molar refractivity (Wildman–Crippen MR) is 90.5 cm³/mol. The van der Waals surface area contributed by atoms with Gasteiger partial charge in [0.25, 0.3) is 0 Å². The van der Waals surface area contributed by atoms with Gasteiger partial charge in [-0.25, -0.2) is 9.37 Å². The Hall–Kier alpha value is -2.66. The normalized spacial score (nSPS) is 10.3. The van der Waals surface area contributed by atoms with Crippen molar-refractivity contribution in [2.45, 2.75) is 6.54 Å². The third-order valence-corrected chi connectivity index (χ3v) is 3.40. The van der Waals surface area contributed by atoms with E-state index in [0.717, 1.165) is 11.3 Å². The molecule has 3 rings (SSSR count). The van der Waals surface area contributed by atoms with Gasteiger partial charge in [-0.3, -0.25) is 0 Å². The molecule has 0 unspecified atom stereocenters. The molecule has 0 fully saturated rings. The van der Waals surface area contributed by atoms with Crippen molar-refractivity contribution in [3.05, 3.63) is 77.2 Å². The van der Waals surface area contributed by atoms with Crippen LogP contribution in [0.15, 0.2) is 60.8 Å². The Balaban J connectivity index is 1.73. The lowest BCUT2D eigenvalue weighted by molar-refractivity contribution is 0.626. The van der Waals surface area contributed by atoms with Crippen LogP contribution in [-0.4, -0.2) is 9.97 Å². The number of benzene rings is 2. The van der Waals surface area contributed by atoms with E-state index in [1.165, 1.54) is 18.3 Å². The van der Waals surface area contributed by atoms with Gasteiger partial charge in [0.05, 0.1) is 6.20 Å². The highest BCUT2D eigenvalue weighted by Crippen LogP contribution is 2.22. The Bertz CT molecular complexity index is 796. The van der Waals surface area contributed by atoms with Gasteiger partial charge in [-0.15, -0.1) is 0 Å². The monoisotopic (exact) mass is 328 g/mol. The molecule has 23 heavy (non-hydrogen) atoms. The molecule has 0 saturated heterocycles. The van der Waals surface area contributed by atoms with Crippen molar-refractivity contribution in [3.63, 3.8) is 0 Å². The topological polar surface area (TPSA) is 49.8 Å². The first-order valence-electron chi connectivity index (χ1n) is 7.03. The molecule has 2 aromatic carbocycles. The van der Waals surface area contributed by atoms with Gasteiger partial charge >= 0.3 is 0 Å². The minimum Gasteiger partial charge on any atom is -0.365 e. The molecule has 1 heterocycles. The first-order valence-corrected chi connectivity index (χ1v) is 7.41. The van der Waals surface area contributed by atoms with E-state index >= 15 is 0 Å². The van der Waals surface area contributed by atoms with E-state index in [-0.39, 0.29) is 5.82 Å². The van der Waals surface area contributed by atoms with Crippen molar-refractivity contribution in [1.29, 1.82) is 0 Å². The maximum absolute atomic E-state index is 13.2. The number of hydrogen-bond acceptors (Lipinski definition) is 4. The molecule has 0 aliphatic heterocycles. The lowest BCUT2D eigenvalue weighted by atomic mass is 10.2. The number of aromatic nitrogens is 2. The highest BCUT2D eigenvalue weighted by Gasteiger charge is 2.06. The van der Waals surface area contributed by atoms with Gasteiger partial charge < -0.3 is 10.6 Å². The van der Waals surface area contributed by atoms with Crippen molar-refractivity contribution < 1.29 is 4.39 Å². The SMILES string of the molecule is Fc1cccc(CNc2nc(Nc3ccccc3)ncc2Cl)c1. The van der Waals surface area contributed by atoms with Crippen LogP contribution in [0, 0.1) is 5.82 Å². The van der Waals surface area contributed by atoms with Gasteiger partial charge in [-0.1, -0.05) is 41.9 Å². The number of para-hydroxylation sites is 1. The van der Waals surface area contributed by atoms with Gasteiger partial charge in [0.15, 0.2) is 5.82 Å². The summed E-state index contributed by atoms with van der Waals surface area (Å²) >= 11 is 6.11. The Morgan fingerprint density at radius 1 is 1.04 bits per heavy atom. The number of anilines is 3. The van der Waals surface area contributed by atoms with Crippen LogP contribution in [0.5, 0.6) is 0 Å². The van der Waals surface area contributed by atoms with Crippen LogP contribution in [0.1, 0.15) is 5.56 Å². The molecule has 0 amide bonds. The van der Waals surface area contributed by atoms with Crippen LogP contribution in [0.4, 0.5) is 21.8 Å². The van der Waals surface area contributed by atoms with Crippen LogP contribution >= 0.6 is 11.6 Å². The van der Waals surface area contributed by atoms with E-state index in [4.69, 9.17) is 11.6 Å². The molecule has 0 spiro atoms. The van der Waals surface area contributed by atoms with E-state index in [2.05, 4.69) is 20.6 Å². The molecule has 0 saturated carbocycles. The zero-order valence-electron chi connectivity index (χ0n) is 12.1. The number of nitrogens with zero attached hydrogens (tertiary/aromatic N) is 2. The second-order valence-corrected chi connectivity index (χ2v) is 5.27. The van der Waals surface area contributed by atoms with Crippen molar-refractivity contribution in [2.75, 3.05) is 10.6 Å². The molecule has 4 nitrogen and oxygen atoms in total. The van der Waals surface area contributed by atoms with E-state index in [0.29, 0.717) is 23.3 Å². The van der Waals surface area contributed by atoms with Crippen LogP contribution in [0.2, 0.25) is 5.02 Å². The van der Waals surface area contributed by atoms with Gasteiger partial charge in [-0.2, -0.15) is 4.98 Å². The molecule has 2 N–H and O–H groups in total. The summed E-state index contributed by atoms with van der Waals surface area (Å²) in [4.78, 5) is 8.50. The van der Waals surface area contributed by atoms with Crippen molar-refractivity contribution in [3.8, 4) is 0 Å². The summed E-state index contributed by atoms with van der Waals surface area (Å²) in [5.41, 5.74) is 1.68. The molecule has 0 bridgehead atoms. The fourth-order valence-corrected chi connectivity index (χ4v) is 2.19. The van der Waals surface area contributed by atoms with Crippen LogP contribution in [0.3, 0.4) is 0 Å². The maximum atomic E-state index is 13.2. The number of nitrogens with one attached hydrogen (secondary N) is 2. The molecule has 0 aliphatic carbocycles. The van der Waals surface area contributed by atoms with E-state index in [1.807, 2.05) is 36.4 Å². The standard InChI is InChI=1S/C17H14ClFN4/c18-15-11-21-17(22-14-7-2-1-3-8-14)23-16(15)20-10-12-5-4-6-13(19)9-12/h1-9,11H,10H2,(H2,20,21,22,23). The molecule has 3 aromatic rings. The first kappa shape index (κ1) is 15.2. The summed E-state index contributed by atoms with van der Waals surface area (Å²) in [5, 5.41) is 6.59. The third-order valence-electron chi connectivity index (χ3n) is 3.12. The minimum atomic E-state index is -0.274. The third kappa shape index (κ3) is 4.17. The zero-order valence-corrected chi connectivity index (χ0v) is 12.9. The Morgan fingerprint density at radius 2 is 1.87 bits per heavy atom. The fraction of sp³-hybridized carbons (Fsp3) is 0.0588. The predicted octanol–water partition coefficient (Wildman–Crippen LogP) is 4.62. The van der Waals surface area contributed by atoms with Crippen LogP contribution in [-0.2, 0) is 6.54 Å². The summed E-state index contributed by atoms with van der Waals surface area (Å²) in [5.74, 6) is 0.649. The van der Waals surface area contributed by atoms with Gasteiger partial charge in [0.1, 0.15) is 10.8 Å². The lowest BCUT2D eigenvalue weighted by Gasteiger charge is -2.10. The molecule has 1 aromatic heterocycles. The number of hydrogen-bond donors (Lipinski definition) is 2. The number of rotatable bonds is 5. The minimum absolute atomic E-state index is 0.274. The Labute approximate surface area is 138 Å². The Morgan fingerprint density at radius 3 is 2.65 bits per heavy atom. The Kier molecular flexibility index (Phi) is 4.68. The van der Waals surface area contributed by atoms with Gasteiger partial charge in [0, 0.05) is 12.2 Å². The molecule has 6 heteroatoms. The lowest BCUT2D eigenvalue weighted by Crippen LogP contribution is -2.05. The summed E-state index contributed by atoms with van der Waals surface area (Å²) in [6.45, 7) is 0.416. The van der Waals surface area contributed by atoms with E-state index in [9.17, 15) is 4.39 Å². The highest BCUT2D eigenvalue weighted by atomic mass is 35.5. The van der Waals surface area contributed by atoms with Crippen molar-refractivity contribution in [2.24, 2.45) is 0 Å². The second-order valence-electron chi connectivity index (χ2n) is 4.86. The number of halogens is 2. The largest absolute Gasteiger partial charge is 0.365 e. The zero-order chi connectivity index (χ0) is 16.1. The summed E-state index contributed by atoms with van der Waals surface area (Å²) < 4.78 is 13.2. The molecular weight excluding hydrogens is 315 g/mol. The average molecular weight is 329 g/mol. The summed E-state index contributed by atoms with van der Waals surface area (Å²) in [6.07, 6.45) is 1.52. The van der Waals surface area contributed by atoms with Gasteiger partial charge in [0.2, 0.25) is 5.95 Å². The average Bonchev–Trinajstić information content (AvgIpc) is 2.56. The molecule has 0 radical (unpaired) electrons. The maximum Gasteiger partial charge on any atom is 0.229 e. The fourth-order valence-electron chi connectivity index (χ4n) is 2.03. The summed E-state index contributed by atoms with van der Waals surface area (Å²) in [7, 11) is 0. The summed E-state index contributed by atoms with van der Waals surface area (Å²) in [6, 6.07) is 16.0. The van der Waals surface area contributed by atoms with Gasteiger partial charge in [-0.05, 0) is 29.8 Å². The van der Waals surface area contributed by atoms with Crippen molar-refractivity contribution in [1.82, 2.24) is 9.97 Å². The molecule has 116 valence electrons. The first-order chi connectivity index (χ1) is 11.2. The van der Waals surface area contributed by atoms with Crippen LogP contribution in [0.25, 0.3) is 0 Å². The smallest absolute Gasteiger partial charge is 0.229 e. The highest BCUT2D eigenvalue weighted by molar-refractivity contribution is 6.32. The van der Waals surface area contributed by atoms with Crippen molar-refractivity contribution >= 4 is 29.1 Å². The van der Waals surface area contributed by atoms with E-state index in [1.54, 1.807) is 6.07 Å². The quantitative estimate of drug-likeness (QED) is 0.717. The van der Waals surface area contributed by atoms with Crippen LogP contribution < -0.4 is 10.6 Å². The molecule has 0 aliphatic rings. The molecular formula is C17H14ClFN4.